The number of Topliss-reactive ketones (excluding diaryl/α,β-unsaturated/α-hetero) is 1. The van der Waals surface area contributed by atoms with Gasteiger partial charge in [-0.15, -0.1) is 0 Å². The van der Waals surface area contributed by atoms with Gasteiger partial charge in [-0.1, -0.05) is 19.4 Å². The lowest BCUT2D eigenvalue weighted by Gasteiger charge is -2.57. The van der Waals surface area contributed by atoms with Crippen molar-refractivity contribution in [2.45, 2.75) is 77.7 Å². The Balaban J connectivity index is 1.71. The van der Waals surface area contributed by atoms with Crippen LogP contribution in [0.5, 0.6) is 0 Å². The maximum atomic E-state index is 12.7. The highest BCUT2D eigenvalue weighted by Gasteiger charge is 2.67. The minimum absolute atomic E-state index is 0.0225. The van der Waals surface area contributed by atoms with E-state index in [1.807, 2.05) is 6.08 Å². The van der Waals surface area contributed by atoms with Gasteiger partial charge in [-0.25, -0.2) is 0 Å². The van der Waals surface area contributed by atoms with E-state index in [2.05, 4.69) is 13.8 Å². The van der Waals surface area contributed by atoms with Gasteiger partial charge in [-0.05, 0) is 80.1 Å². The molecule has 0 aromatic heterocycles. The van der Waals surface area contributed by atoms with Gasteiger partial charge in [0, 0.05) is 6.42 Å². The highest BCUT2D eigenvalue weighted by atomic mass is 16.5. The number of fused-ring (bicyclic) bond motifs is 5. The smallest absolute Gasteiger partial charge is 0.308 e. The third kappa shape index (κ3) is 2.95. The predicted octanol–water partition coefficient (Wildman–Crippen LogP) is 3.63. The lowest BCUT2D eigenvalue weighted by molar-refractivity contribution is -0.151. The summed E-state index contributed by atoms with van der Waals surface area (Å²) in [6.45, 7) is 6.04. The molecular weight excluding hydrogens is 368 g/mol. The van der Waals surface area contributed by atoms with Crippen LogP contribution in [0.4, 0.5) is 0 Å². The molecule has 5 heteroatoms. The van der Waals surface area contributed by atoms with Crippen LogP contribution >= 0.6 is 0 Å². The quantitative estimate of drug-likeness (QED) is 0.729. The second-order valence-corrected chi connectivity index (χ2v) is 10.6. The van der Waals surface area contributed by atoms with Gasteiger partial charge in [0.05, 0.1) is 25.0 Å². The number of hydrogen-bond acceptors (Lipinski definition) is 5. The van der Waals surface area contributed by atoms with Gasteiger partial charge in [0.2, 0.25) is 0 Å². The van der Waals surface area contributed by atoms with Gasteiger partial charge in [0.25, 0.3) is 0 Å². The number of allylic oxidation sites excluding steroid dienone is 1. The Morgan fingerprint density at radius 3 is 2.55 bits per heavy atom. The fourth-order valence-corrected chi connectivity index (χ4v) is 8.10. The zero-order valence-corrected chi connectivity index (χ0v) is 18.1. The lowest BCUT2D eigenvalue weighted by Crippen LogP contribution is -2.51. The van der Waals surface area contributed by atoms with E-state index in [1.165, 1.54) is 12.7 Å². The summed E-state index contributed by atoms with van der Waals surface area (Å²) in [5, 5.41) is 11.6. The van der Waals surface area contributed by atoms with Gasteiger partial charge in [0.15, 0.2) is 5.78 Å². The summed E-state index contributed by atoms with van der Waals surface area (Å²) in [6.07, 6.45) is 7.61. The topological polar surface area (TPSA) is 80.7 Å². The first-order valence-electron chi connectivity index (χ1n) is 11.1. The number of esters is 1. The molecule has 1 unspecified atom stereocenters. The third-order valence-electron chi connectivity index (χ3n) is 9.25. The molecule has 4 rings (SSSR count). The van der Waals surface area contributed by atoms with Crippen LogP contribution in [-0.2, 0) is 19.1 Å². The Morgan fingerprint density at radius 2 is 1.90 bits per heavy atom. The number of carbonyl (C=O) groups excluding carboxylic acids is 3. The Morgan fingerprint density at radius 1 is 1.17 bits per heavy atom. The number of rotatable bonds is 3. The maximum absolute atomic E-state index is 12.7. The zero-order chi connectivity index (χ0) is 21.2. The largest absolute Gasteiger partial charge is 0.469 e. The van der Waals surface area contributed by atoms with Crippen LogP contribution in [-0.4, -0.2) is 35.4 Å². The average molecular weight is 403 g/mol. The first kappa shape index (κ1) is 20.8. The summed E-state index contributed by atoms with van der Waals surface area (Å²) in [7, 11) is 1.33. The van der Waals surface area contributed by atoms with Crippen LogP contribution in [0.15, 0.2) is 11.6 Å². The average Bonchev–Trinajstić information content (AvgIpc) is 2.88. The fraction of sp³-hybridized carbons (Fsp3) is 0.792. The van der Waals surface area contributed by atoms with Crippen molar-refractivity contribution in [3.63, 3.8) is 0 Å². The first-order valence-corrected chi connectivity index (χ1v) is 11.1. The Bertz CT molecular complexity index is 784. The van der Waals surface area contributed by atoms with E-state index in [0.717, 1.165) is 32.1 Å². The van der Waals surface area contributed by atoms with Crippen LogP contribution in [0.25, 0.3) is 0 Å². The summed E-state index contributed by atoms with van der Waals surface area (Å²) >= 11 is 0. The number of methoxy groups -OCH3 is 1. The summed E-state index contributed by atoms with van der Waals surface area (Å²) in [4.78, 5) is 36.8. The van der Waals surface area contributed by atoms with E-state index in [-0.39, 0.29) is 34.7 Å². The molecular formula is C24H34O5. The summed E-state index contributed by atoms with van der Waals surface area (Å²) in [6, 6.07) is 0. The molecule has 160 valence electrons. The van der Waals surface area contributed by atoms with Crippen molar-refractivity contribution in [2.24, 2.45) is 34.5 Å². The van der Waals surface area contributed by atoms with E-state index in [1.54, 1.807) is 6.92 Å². The maximum Gasteiger partial charge on any atom is 0.308 e. The molecule has 0 aromatic carbocycles. The number of aliphatic hydroxyl groups is 1. The van der Waals surface area contributed by atoms with E-state index in [0.29, 0.717) is 24.7 Å². The SMILES string of the molecule is COC(=O)CC1(O)C[C@H]2[C@@H]3CCC4=CC(=O)CC[C@]4(C)[C@H]3CC[C@]2(C)[C@H]1C(C)=O. The molecule has 29 heavy (non-hydrogen) atoms. The van der Waals surface area contributed by atoms with Crippen LogP contribution in [0, 0.1) is 34.5 Å². The molecule has 5 nitrogen and oxygen atoms in total. The third-order valence-corrected chi connectivity index (χ3v) is 9.25. The second-order valence-electron chi connectivity index (χ2n) is 10.6. The van der Waals surface area contributed by atoms with Gasteiger partial charge >= 0.3 is 5.97 Å². The number of carbonyl (C=O) groups is 3. The number of hydrogen-bond donors (Lipinski definition) is 1. The minimum Gasteiger partial charge on any atom is -0.469 e. The van der Waals surface area contributed by atoms with E-state index in [9.17, 15) is 19.5 Å². The van der Waals surface area contributed by atoms with Gasteiger partial charge < -0.3 is 9.84 Å². The molecule has 0 heterocycles. The standard InChI is InChI=1S/C24H34O5/c1-14(25)21-23(3)10-8-18-17(19(23)12-24(21,28)13-20(27)29-4)6-5-15-11-16(26)7-9-22(15,18)2/h11,17-19,21,28H,5-10,12-13H2,1-4H3/t17-,18+,19+,21-,22+,23+,24?/m1/s1. The molecule has 1 N–H and O–H groups in total. The van der Waals surface area contributed by atoms with Crippen molar-refractivity contribution in [3.05, 3.63) is 11.6 Å². The van der Waals surface area contributed by atoms with Crippen molar-refractivity contribution >= 4 is 17.5 Å². The molecule has 4 aliphatic carbocycles. The van der Waals surface area contributed by atoms with Crippen molar-refractivity contribution < 1.29 is 24.2 Å². The van der Waals surface area contributed by atoms with E-state index < -0.39 is 17.5 Å². The second kappa shape index (κ2) is 6.76. The zero-order valence-electron chi connectivity index (χ0n) is 18.1. The highest BCUT2D eigenvalue weighted by Crippen LogP contribution is 2.68. The normalized spacial score (nSPS) is 46.2. The molecule has 0 aliphatic heterocycles. The molecule has 3 fully saturated rings. The van der Waals surface area contributed by atoms with Crippen molar-refractivity contribution in [3.8, 4) is 0 Å². The molecule has 3 saturated carbocycles. The number of ketones is 2. The lowest BCUT2D eigenvalue weighted by atomic mass is 9.46. The minimum atomic E-state index is -1.33. The predicted molar refractivity (Wildman–Crippen MR) is 108 cm³/mol. The van der Waals surface area contributed by atoms with Gasteiger partial charge in [-0.3, -0.25) is 14.4 Å². The molecule has 4 aliphatic rings. The fourth-order valence-electron chi connectivity index (χ4n) is 8.10. The monoisotopic (exact) mass is 402 g/mol. The highest BCUT2D eigenvalue weighted by molar-refractivity contribution is 5.91. The Hall–Kier alpha value is -1.49. The molecule has 0 spiro atoms. The van der Waals surface area contributed by atoms with Gasteiger partial charge in [0.1, 0.15) is 5.78 Å². The Labute approximate surface area is 173 Å². The van der Waals surface area contributed by atoms with Gasteiger partial charge in [-0.2, -0.15) is 0 Å². The molecule has 0 radical (unpaired) electrons. The van der Waals surface area contributed by atoms with Crippen molar-refractivity contribution in [1.29, 1.82) is 0 Å². The molecule has 7 atom stereocenters. The van der Waals surface area contributed by atoms with Crippen LogP contribution < -0.4 is 0 Å². The van der Waals surface area contributed by atoms with Crippen LogP contribution in [0.2, 0.25) is 0 Å². The summed E-state index contributed by atoms with van der Waals surface area (Å²) in [5.41, 5.74) is -0.262. The molecule has 0 amide bonds. The van der Waals surface area contributed by atoms with Crippen molar-refractivity contribution in [1.82, 2.24) is 0 Å². The first-order chi connectivity index (χ1) is 13.5. The molecule has 0 saturated heterocycles. The molecule has 0 aromatic rings. The number of ether oxygens (including phenoxy) is 1. The van der Waals surface area contributed by atoms with E-state index in [4.69, 9.17) is 4.74 Å². The van der Waals surface area contributed by atoms with Crippen molar-refractivity contribution in [2.75, 3.05) is 7.11 Å². The summed E-state index contributed by atoms with van der Waals surface area (Å²) in [5.74, 6) is 0.342. The van der Waals surface area contributed by atoms with E-state index >= 15 is 0 Å². The summed E-state index contributed by atoms with van der Waals surface area (Å²) < 4.78 is 4.85. The van der Waals surface area contributed by atoms with Crippen LogP contribution in [0.1, 0.15) is 72.1 Å². The Kier molecular flexibility index (Phi) is 4.84. The molecule has 0 bridgehead atoms. The van der Waals surface area contributed by atoms with Crippen LogP contribution in [0.3, 0.4) is 0 Å².